The van der Waals surface area contributed by atoms with Crippen LogP contribution in [0.2, 0.25) is 0 Å². The third-order valence-corrected chi connectivity index (χ3v) is 3.73. The zero-order chi connectivity index (χ0) is 14.1. The molecule has 0 spiro atoms. The molecule has 20 heavy (non-hydrogen) atoms. The van der Waals surface area contributed by atoms with Crippen molar-refractivity contribution in [2.24, 2.45) is 0 Å². The average molecular weight is 294 g/mol. The molecule has 0 radical (unpaired) electrons. The van der Waals surface area contributed by atoms with Crippen molar-refractivity contribution in [1.29, 1.82) is 0 Å². The summed E-state index contributed by atoms with van der Waals surface area (Å²) < 4.78 is 10.7. The van der Waals surface area contributed by atoms with E-state index in [1.807, 2.05) is 18.2 Å². The maximum Gasteiger partial charge on any atom is 0.433 e. The van der Waals surface area contributed by atoms with Gasteiger partial charge in [0.05, 0.1) is 12.7 Å². The normalized spacial score (nSPS) is 15.2. The molecule has 0 amide bonds. The number of fused-ring (bicyclic) bond motifs is 1. The van der Waals surface area contributed by atoms with Gasteiger partial charge in [0.15, 0.2) is 0 Å². The van der Waals surface area contributed by atoms with E-state index in [-0.39, 0.29) is 5.88 Å². The highest BCUT2D eigenvalue weighted by atomic mass is 35.5. The molecule has 2 heterocycles. The minimum atomic E-state index is -0.576. The fraction of sp³-hybridized carbons (Fsp3) is 0.286. The minimum Gasteiger partial charge on any atom is -0.493 e. The van der Waals surface area contributed by atoms with Crippen LogP contribution >= 0.6 is 11.6 Å². The smallest absolute Gasteiger partial charge is 0.433 e. The van der Waals surface area contributed by atoms with Crippen LogP contribution in [0.5, 0.6) is 5.75 Å². The van der Waals surface area contributed by atoms with Crippen LogP contribution in [-0.4, -0.2) is 11.5 Å². The Balaban J connectivity index is 1.89. The predicted molar refractivity (Wildman–Crippen MR) is 73.3 cm³/mol. The van der Waals surface area contributed by atoms with Crippen molar-refractivity contribution in [2.45, 2.75) is 18.2 Å². The first-order valence-corrected chi connectivity index (χ1v) is 6.72. The number of hydrogen-bond donors (Lipinski definition) is 0. The third-order valence-electron chi connectivity index (χ3n) is 3.27. The summed E-state index contributed by atoms with van der Waals surface area (Å²) in [5.41, 5.74) is 1.96. The molecule has 0 saturated heterocycles. The summed E-state index contributed by atoms with van der Waals surface area (Å²) in [7, 11) is 0. The number of hydrogen-bond acceptors (Lipinski definition) is 4. The highest BCUT2D eigenvalue weighted by Gasteiger charge is 2.21. The van der Waals surface area contributed by atoms with Gasteiger partial charge in [0.25, 0.3) is 0 Å². The predicted octanol–water partition coefficient (Wildman–Crippen LogP) is 3.84. The first kappa shape index (κ1) is 13.0. The van der Waals surface area contributed by atoms with Crippen molar-refractivity contribution in [1.82, 2.24) is 0 Å². The lowest BCUT2D eigenvalue weighted by Gasteiger charge is -2.18. The summed E-state index contributed by atoms with van der Waals surface area (Å²) in [5, 5.41) is 10.1. The quantitative estimate of drug-likeness (QED) is 0.490. The number of nitro groups is 1. The number of benzene rings is 1. The Bertz CT molecular complexity index is 652. The van der Waals surface area contributed by atoms with Crippen LogP contribution in [0.4, 0.5) is 5.88 Å². The molecule has 0 bridgehead atoms. The number of halogens is 1. The number of rotatable bonds is 3. The van der Waals surface area contributed by atoms with Gasteiger partial charge in [-0.15, -0.1) is 11.6 Å². The van der Waals surface area contributed by atoms with Gasteiger partial charge in [0.2, 0.25) is 0 Å². The summed E-state index contributed by atoms with van der Waals surface area (Å²) in [6, 6.07) is 8.56. The van der Waals surface area contributed by atoms with Crippen LogP contribution < -0.4 is 4.74 Å². The Kier molecular flexibility index (Phi) is 3.36. The second kappa shape index (κ2) is 5.17. The van der Waals surface area contributed by atoms with E-state index in [0.29, 0.717) is 5.76 Å². The lowest BCUT2D eigenvalue weighted by molar-refractivity contribution is -0.402. The SMILES string of the molecule is O=[N+]([O-])c1ccc(C(Cl)c2ccc3c(c2)CCCO3)o1. The monoisotopic (exact) mass is 293 g/mol. The minimum absolute atomic E-state index is 0.299. The maximum absolute atomic E-state index is 10.6. The lowest BCUT2D eigenvalue weighted by atomic mass is 10.0. The summed E-state index contributed by atoms with van der Waals surface area (Å²) >= 11 is 6.33. The molecule has 0 aliphatic carbocycles. The molecule has 2 aromatic rings. The fourth-order valence-electron chi connectivity index (χ4n) is 2.28. The van der Waals surface area contributed by atoms with Crippen molar-refractivity contribution >= 4 is 17.5 Å². The molecule has 1 aliphatic rings. The molecule has 1 atom stereocenters. The van der Waals surface area contributed by atoms with Gasteiger partial charge >= 0.3 is 5.88 Å². The molecule has 6 heteroatoms. The van der Waals surface area contributed by atoms with Crippen molar-refractivity contribution in [3.8, 4) is 5.75 Å². The van der Waals surface area contributed by atoms with Crippen molar-refractivity contribution in [3.05, 3.63) is 57.3 Å². The van der Waals surface area contributed by atoms with Crippen LogP contribution in [0.25, 0.3) is 0 Å². The molecule has 104 valence electrons. The van der Waals surface area contributed by atoms with Crippen LogP contribution in [0, 0.1) is 10.1 Å². The summed E-state index contributed by atoms with van der Waals surface area (Å²) in [6.07, 6.45) is 1.93. The highest BCUT2D eigenvalue weighted by Crippen LogP contribution is 2.35. The topological polar surface area (TPSA) is 65.5 Å². The Morgan fingerprint density at radius 2 is 2.15 bits per heavy atom. The van der Waals surface area contributed by atoms with Crippen LogP contribution in [0.1, 0.15) is 28.7 Å². The summed E-state index contributed by atoms with van der Waals surface area (Å²) in [4.78, 5) is 10.0. The van der Waals surface area contributed by atoms with Gasteiger partial charge < -0.3 is 9.15 Å². The second-order valence-electron chi connectivity index (χ2n) is 4.61. The van der Waals surface area contributed by atoms with Gasteiger partial charge in [-0.25, -0.2) is 0 Å². The molecule has 0 fully saturated rings. The van der Waals surface area contributed by atoms with Gasteiger partial charge in [0.1, 0.15) is 21.8 Å². The molecule has 5 nitrogen and oxygen atoms in total. The number of furan rings is 1. The Morgan fingerprint density at radius 1 is 1.30 bits per heavy atom. The standard InChI is InChI=1S/C14H12ClNO4/c15-14(12-5-6-13(20-12)16(17)18)10-3-4-11-9(8-10)2-1-7-19-11/h3-6,8,14H,1-2,7H2. The fourth-order valence-corrected chi connectivity index (χ4v) is 2.53. The van der Waals surface area contributed by atoms with E-state index in [1.165, 1.54) is 12.1 Å². The van der Waals surface area contributed by atoms with Crippen molar-refractivity contribution in [3.63, 3.8) is 0 Å². The first-order valence-electron chi connectivity index (χ1n) is 6.29. The molecule has 1 aromatic carbocycles. The average Bonchev–Trinajstić information content (AvgIpc) is 2.96. The van der Waals surface area contributed by atoms with E-state index in [4.69, 9.17) is 20.8 Å². The Labute approximate surface area is 120 Å². The Hall–Kier alpha value is -2.01. The maximum atomic E-state index is 10.6. The van der Waals surface area contributed by atoms with Gasteiger partial charge in [0, 0.05) is 0 Å². The summed E-state index contributed by atoms with van der Waals surface area (Å²) in [5.74, 6) is 0.955. The molecule has 1 aliphatic heterocycles. The molecule has 1 unspecified atom stereocenters. The van der Waals surface area contributed by atoms with Gasteiger partial charge in [-0.05, 0) is 36.1 Å². The first-order chi connectivity index (χ1) is 9.65. The molecule has 0 N–H and O–H groups in total. The Morgan fingerprint density at radius 3 is 2.90 bits per heavy atom. The molecule has 0 saturated carbocycles. The van der Waals surface area contributed by atoms with Crippen molar-refractivity contribution in [2.75, 3.05) is 6.61 Å². The van der Waals surface area contributed by atoms with Gasteiger partial charge in [-0.1, -0.05) is 12.1 Å². The molecular formula is C14H12ClNO4. The van der Waals surface area contributed by atoms with E-state index in [1.54, 1.807) is 0 Å². The van der Waals surface area contributed by atoms with E-state index in [2.05, 4.69) is 0 Å². The van der Waals surface area contributed by atoms with Crippen LogP contribution in [0.15, 0.2) is 34.7 Å². The van der Waals surface area contributed by atoms with Gasteiger partial charge in [-0.2, -0.15) is 0 Å². The zero-order valence-electron chi connectivity index (χ0n) is 10.5. The molecular weight excluding hydrogens is 282 g/mol. The molecule has 1 aromatic heterocycles. The largest absolute Gasteiger partial charge is 0.493 e. The van der Waals surface area contributed by atoms with E-state index in [9.17, 15) is 10.1 Å². The van der Waals surface area contributed by atoms with Crippen LogP contribution in [-0.2, 0) is 6.42 Å². The lowest BCUT2D eigenvalue weighted by Crippen LogP contribution is -2.08. The number of aryl methyl sites for hydroxylation is 1. The van der Waals surface area contributed by atoms with Crippen molar-refractivity contribution < 1.29 is 14.1 Å². The van der Waals surface area contributed by atoms with Crippen LogP contribution in [0.3, 0.4) is 0 Å². The zero-order valence-corrected chi connectivity index (χ0v) is 11.3. The second-order valence-corrected chi connectivity index (χ2v) is 5.05. The van der Waals surface area contributed by atoms with E-state index in [0.717, 1.165) is 36.3 Å². The molecule has 3 rings (SSSR count). The highest BCUT2D eigenvalue weighted by molar-refractivity contribution is 6.22. The number of alkyl halides is 1. The van der Waals surface area contributed by atoms with E-state index < -0.39 is 10.3 Å². The third kappa shape index (κ3) is 2.36. The number of ether oxygens (including phenoxy) is 1. The van der Waals surface area contributed by atoms with E-state index >= 15 is 0 Å². The number of nitrogens with zero attached hydrogens (tertiary/aromatic N) is 1. The van der Waals surface area contributed by atoms with Gasteiger partial charge in [-0.3, -0.25) is 10.1 Å². The summed E-state index contributed by atoms with van der Waals surface area (Å²) in [6.45, 7) is 0.737.